The fourth-order valence-electron chi connectivity index (χ4n) is 2.68. The Morgan fingerprint density at radius 3 is 2.16 bits per heavy atom. The summed E-state index contributed by atoms with van der Waals surface area (Å²) in [5.74, 6) is -0.724. The van der Waals surface area contributed by atoms with Gasteiger partial charge in [0.1, 0.15) is 11.5 Å². The molecule has 0 amide bonds. The van der Waals surface area contributed by atoms with Crippen molar-refractivity contribution in [3.63, 3.8) is 0 Å². The summed E-state index contributed by atoms with van der Waals surface area (Å²) in [4.78, 5) is 14.9. The molecular weight excluding hydrogens is 341 g/mol. The van der Waals surface area contributed by atoms with Gasteiger partial charge < -0.3 is 14.3 Å². The van der Waals surface area contributed by atoms with Crippen molar-refractivity contribution in [1.29, 1.82) is 0 Å². The molecule has 2 aromatic rings. The molecule has 1 aromatic carbocycles. The highest BCUT2D eigenvalue weighted by Crippen LogP contribution is 2.37. The van der Waals surface area contributed by atoms with E-state index in [2.05, 4.69) is 4.98 Å². The van der Waals surface area contributed by atoms with E-state index >= 15 is 0 Å². The van der Waals surface area contributed by atoms with E-state index in [0.29, 0.717) is 0 Å². The lowest BCUT2D eigenvalue weighted by molar-refractivity contribution is -0.140. The van der Waals surface area contributed by atoms with Gasteiger partial charge in [-0.3, -0.25) is 4.79 Å². The third-order valence-corrected chi connectivity index (χ3v) is 4.77. The van der Waals surface area contributed by atoms with Gasteiger partial charge in [-0.1, -0.05) is 0 Å². The van der Waals surface area contributed by atoms with Crippen LogP contribution in [0.2, 0.25) is 0 Å². The van der Waals surface area contributed by atoms with Crippen molar-refractivity contribution in [2.24, 2.45) is 0 Å². The summed E-state index contributed by atoms with van der Waals surface area (Å²) >= 11 is 0. The van der Waals surface area contributed by atoms with Crippen LogP contribution in [-0.4, -0.2) is 23.3 Å². The number of aromatic amines is 1. The Labute approximate surface area is 141 Å². The van der Waals surface area contributed by atoms with Gasteiger partial charge in [0.15, 0.2) is 5.43 Å². The van der Waals surface area contributed by atoms with E-state index in [1.54, 1.807) is 27.7 Å². The minimum Gasteiger partial charge on any atom is -0.399 e. The van der Waals surface area contributed by atoms with Crippen molar-refractivity contribution in [2.75, 3.05) is 0 Å². The lowest BCUT2D eigenvalue weighted by atomic mass is 9.76. The number of alkyl halides is 3. The van der Waals surface area contributed by atoms with Gasteiger partial charge >= 0.3 is 13.3 Å². The molecule has 0 saturated carbocycles. The van der Waals surface area contributed by atoms with Crippen LogP contribution in [0.3, 0.4) is 0 Å². The van der Waals surface area contributed by atoms with Gasteiger partial charge in [-0.15, -0.1) is 0 Å². The number of H-pyrrole nitrogens is 1. The molecule has 25 heavy (non-hydrogen) atoms. The predicted molar refractivity (Wildman–Crippen MR) is 85.2 cm³/mol. The maximum atomic E-state index is 13.5. The quantitative estimate of drug-likeness (QED) is 0.631. The fourth-order valence-corrected chi connectivity index (χ4v) is 2.68. The van der Waals surface area contributed by atoms with E-state index in [-0.39, 0.29) is 10.9 Å². The fraction of sp³-hybridized carbons (Fsp3) is 0.438. The van der Waals surface area contributed by atoms with E-state index in [0.717, 1.165) is 18.2 Å². The van der Waals surface area contributed by atoms with Gasteiger partial charge in [0.2, 0.25) is 0 Å². The Bertz CT molecular complexity index is 889. The van der Waals surface area contributed by atoms with Crippen molar-refractivity contribution in [1.82, 2.24) is 4.98 Å². The molecule has 1 aliphatic rings. The summed E-state index contributed by atoms with van der Waals surface area (Å²) in [6, 6.07) is 2.96. The Kier molecular flexibility index (Phi) is 3.81. The molecule has 3 rings (SSSR count). The molecule has 1 fully saturated rings. The molecule has 4 nitrogen and oxygen atoms in total. The van der Waals surface area contributed by atoms with E-state index in [1.165, 1.54) is 0 Å². The molecule has 1 saturated heterocycles. The number of hydrogen-bond donors (Lipinski definition) is 1. The number of halogens is 4. The first kappa shape index (κ1) is 17.9. The molecule has 0 spiro atoms. The number of hydrogen-bond acceptors (Lipinski definition) is 3. The second-order valence-electron chi connectivity index (χ2n) is 7.02. The van der Waals surface area contributed by atoms with E-state index in [1.807, 2.05) is 0 Å². The Hall–Kier alpha value is -1.87. The molecular formula is C16H16BF4NO3. The van der Waals surface area contributed by atoms with Crippen LogP contribution in [0.4, 0.5) is 17.6 Å². The van der Waals surface area contributed by atoms with Crippen molar-refractivity contribution in [3.8, 4) is 0 Å². The maximum Gasteiger partial charge on any atom is 0.501 e. The molecule has 2 heterocycles. The Morgan fingerprint density at radius 2 is 1.64 bits per heavy atom. The minimum atomic E-state index is -4.83. The van der Waals surface area contributed by atoms with Crippen molar-refractivity contribution in [2.45, 2.75) is 45.1 Å². The normalized spacial score (nSPS) is 19.6. The number of benzene rings is 1. The van der Waals surface area contributed by atoms with Crippen LogP contribution in [0.15, 0.2) is 23.0 Å². The first-order valence-corrected chi connectivity index (χ1v) is 7.62. The van der Waals surface area contributed by atoms with Crippen LogP contribution in [0.25, 0.3) is 10.9 Å². The first-order chi connectivity index (χ1) is 11.3. The van der Waals surface area contributed by atoms with Crippen molar-refractivity contribution < 1.29 is 26.9 Å². The summed E-state index contributed by atoms with van der Waals surface area (Å²) in [6.45, 7) is 6.65. The number of rotatable bonds is 1. The van der Waals surface area contributed by atoms with Crippen LogP contribution in [-0.2, 0) is 15.5 Å². The second-order valence-corrected chi connectivity index (χ2v) is 7.02. The molecule has 0 bridgehead atoms. The molecule has 0 unspecified atom stereocenters. The summed E-state index contributed by atoms with van der Waals surface area (Å²) in [5.41, 5.74) is -4.90. The zero-order chi connectivity index (χ0) is 18.8. The topological polar surface area (TPSA) is 51.3 Å². The highest BCUT2D eigenvalue weighted by molar-refractivity contribution is 6.62. The van der Waals surface area contributed by atoms with Gasteiger partial charge in [-0.05, 0) is 45.9 Å². The van der Waals surface area contributed by atoms with Gasteiger partial charge in [0, 0.05) is 10.9 Å². The Balaban J connectivity index is 2.30. The van der Waals surface area contributed by atoms with E-state index in [4.69, 9.17) is 9.31 Å². The Morgan fingerprint density at radius 1 is 1.08 bits per heavy atom. The van der Waals surface area contributed by atoms with Crippen molar-refractivity contribution >= 4 is 23.5 Å². The molecule has 0 radical (unpaired) electrons. The zero-order valence-corrected chi connectivity index (χ0v) is 14.0. The van der Waals surface area contributed by atoms with Crippen LogP contribution in [0, 0.1) is 5.82 Å². The molecule has 0 atom stereocenters. The highest BCUT2D eigenvalue weighted by atomic mass is 19.4. The largest absolute Gasteiger partial charge is 0.501 e. The molecule has 1 aromatic heterocycles. The first-order valence-electron chi connectivity index (χ1n) is 7.62. The number of nitrogens with one attached hydrogen (secondary N) is 1. The minimum absolute atomic E-state index is 0.112. The molecule has 9 heteroatoms. The standard InChI is InChI=1S/C16H16BF4NO3/c1-14(2)15(3,4)25-17(24-14)11-12(23)9-7-8(18)5-6-10(9)22-13(11)16(19,20)21/h5-7H,1-4H3,(H,22,23). The third-order valence-electron chi connectivity index (χ3n) is 4.77. The monoisotopic (exact) mass is 357 g/mol. The second kappa shape index (κ2) is 5.31. The van der Waals surface area contributed by atoms with E-state index < -0.39 is 46.9 Å². The van der Waals surface area contributed by atoms with Crippen LogP contribution in [0.5, 0.6) is 0 Å². The van der Waals surface area contributed by atoms with E-state index in [9.17, 15) is 22.4 Å². The lowest BCUT2D eigenvalue weighted by Gasteiger charge is -2.32. The number of fused-ring (bicyclic) bond motifs is 1. The van der Waals surface area contributed by atoms with Crippen LogP contribution >= 0.6 is 0 Å². The zero-order valence-electron chi connectivity index (χ0n) is 14.0. The van der Waals surface area contributed by atoms with Gasteiger partial charge in [0.25, 0.3) is 0 Å². The van der Waals surface area contributed by atoms with Crippen molar-refractivity contribution in [3.05, 3.63) is 39.9 Å². The molecule has 1 N–H and O–H groups in total. The number of aromatic nitrogens is 1. The molecule has 0 aliphatic carbocycles. The van der Waals surface area contributed by atoms with Crippen LogP contribution < -0.4 is 10.9 Å². The van der Waals surface area contributed by atoms with Gasteiger partial charge in [0.05, 0.1) is 16.7 Å². The number of pyridine rings is 1. The highest BCUT2D eigenvalue weighted by Gasteiger charge is 2.55. The SMILES string of the molecule is CC1(C)OB(c2c(C(F)(F)F)[nH]c3ccc(F)cc3c2=O)OC1(C)C. The summed E-state index contributed by atoms with van der Waals surface area (Å²) in [7, 11) is -1.52. The summed E-state index contributed by atoms with van der Waals surface area (Å²) < 4.78 is 65.2. The maximum absolute atomic E-state index is 13.5. The average Bonchev–Trinajstić information content (AvgIpc) is 2.66. The van der Waals surface area contributed by atoms with Gasteiger partial charge in [-0.2, -0.15) is 13.2 Å². The average molecular weight is 357 g/mol. The summed E-state index contributed by atoms with van der Waals surface area (Å²) in [6.07, 6.45) is -4.83. The van der Waals surface area contributed by atoms with Crippen LogP contribution in [0.1, 0.15) is 33.4 Å². The third kappa shape index (κ3) is 2.85. The lowest BCUT2D eigenvalue weighted by Crippen LogP contribution is -2.48. The summed E-state index contributed by atoms with van der Waals surface area (Å²) in [5, 5.41) is -0.197. The smallest absolute Gasteiger partial charge is 0.399 e. The molecule has 1 aliphatic heterocycles. The predicted octanol–water partition coefficient (Wildman–Crippen LogP) is 2.99. The molecule has 134 valence electrons. The van der Waals surface area contributed by atoms with Gasteiger partial charge in [-0.25, -0.2) is 4.39 Å².